The molecule has 2 saturated carbocycles. The third-order valence-corrected chi connectivity index (χ3v) is 7.50. The average molecular weight is 508 g/mol. The Balaban J connectivity index is 1.47. The maximum absolute atomic E-state index is 12.2. The highest BCUT2D eigenvalue weighted by molar-refractivity contribution is 7.90. The van der Waals surface area contributed by atoms with E-state index in [9.17, 15) is 18.5 Å². The summed E-state index contributed by atoms with van der Waals surface area (Å²) in [4.78, 5) is 12.2. The second-order valence-corrected chi connectivity index (χ2v) is 11.9. The number of carbonyl (C=O) groups excluding carboxylic acids is 1. The van der Waals surface area contributed by atoms with E-state index in [1.807, 2.05) is 43.3 Å². The van der Waals surface area contributed by atoms with Crippen LogP contribution >= 0.6 is 0 Å². The first-order valence-corrected chi connectivity index (χ1v) is 14.3. The van der Waals surface area contributed by atoms with Gasteiger partial charge < -0.3 is 14.0 Å². The summed E-state index contributed by atoms with van der Waals surface area (Å²) in [6.45, 7) is 1.92. The highest BCUT2D eigenvalue weighted by Gasteiger charge is 2.31. The fraction of sp³-hybridized carbons (Fsp3) is 0.407. The van der Waals surface area contributed by atoms with Crippen molar-refractivity contribution in [3.8, 4) is 23.1 Å². The zero-order valence-corrected chi connectivity index (χ0v) is 21.2. The molecule has 0 saturated heterocycles. The smallest absolute Gasteiger partial charge is 0.411 e. The minimum absolute atomic E-state index is 0.0908. The predicted octanol–water partition coefficient (Wildman–Crippen LogP) is 5.63. The Morgan fingerprint density at radius 3 is 2.47 bits per heavy atom. The van der Waals surface area contributed by atoms with Gasteiger partial charge in [0, 0.05) is 29.4 Å². The number of aromatic nitrogens is 1. The molecule has 1 unspecified atom stereocenters. The lowest BCUT2D eigenvalue weighted by atomic mass is 9.92. The lowest BCUT2D eigenvalue weighted by Gasteiger charge is -2.30. The van der Waals surface area contributed by atoms with Gasteiger partial charge in [-0.15, -0.1) is 0 Å². The highest BCUT2D eigenvalue weighted by atomic mass is 32.2. The molecule has 3 aromatic rings. The van der Waals surface area contributed by atoms with E-state index >= 15 is 0 Å². The standard InChI is InChI=1S/C27H29N3O5S/c1-17(18-6-7-18)35-27(31)29-20-10-8-19(9-11-20)26-24(15-28)23-13-12-22(34-16-36(2,32)33)14-25(23)30(26)21-4-3-5-21/h8-14,17-18,21H,3-7,16H2,1-2H3,(H,29,31). The summed E-state index contributed by atoms with van der Waals surface area (Å²) in [6.07, 6.45) is 5.88. The Morgan fingerprint density at radius 2 is 1.89 bits per heavy atom. The van der Waals surface area contributed by atoms with Gasteiger partial charge in [-0.05, 0) is 74.8 Å². The zero-order valence-electron chi connectivity index (χ0n) is 20.4. The van der Waals surface area contributed by atoms with E-state index in [4.69, 9.17) is 9.47 Å². The van der Waals surface area contributed by atoms with Gasteiger partial charge in [0.25, 0.3) is 0 Å². The number of amides is 1. The van der Waals surface area contributed by atoms with Crippen molar-refractivity contribution in [1.29, 1.82) is 5.26 Å². The maximum atomic E-state index is 12.2. The molecule has 0 radical (unpaired) electrons. The van der Waals surface area contributed by atoms with E-state index in [1.54, 1.807) is 6.07 Å². The summed E-state index contributed by atoms with van der Waals surface area (Å²) < 4.78 is 36.3. The van der Waals surface area contributed by atoms with Crippen molar-refractivity contribution in [2.75, 3.05) is 17.5 Å². The van der Waals surface area contributed by atoms with Crippen molar-refractivity contribution in [3.63, 3.8) is 0 Å². The molecule has 5 rings (SSSR count). The molecule has 0 bridgehead atoms. The third kappa shape index (κ3) is 5.05. The van der Waals surface area contributed by atoms with Crippen molar-refractivity contribution in [2.24, 2.45) is 5.92 Å². The number of nitrogens with zero attached hydrogens (tertiary/aromatic N) is 2. The Hall–Kier alpha value is -3.51. The summed E-state index contributed by atoms with van der Waals surface area (Å²) >= 11 is 0. The van der Waals surface area contributed by atoms with E-state index in [-0.39, 0.29) is 12.1 Å². The quantitative estimate of drug-likeness (QED) is 0.423. The van der Waals surface area contributed by atoms with Crippen LogP contribution in [0.5, 0.6) is 5.75 Å². The monoisotopic (exact) mass is 507 g/mol. The van der Waals surface area contributed by atoms with E-state index in [0.717, 1.165) is 60.5 Å². The summed E-state index contributed by atoms with van der Waals surface area (Å²) in [6, 6.07) is 15.4. The van der Waals surface area contributed by atoms with Crippen LogP contribution in [0.25, 0.3) is 22.2 Å². The average Bonchev–Trinajstić information content (AvgIpc) is 3.60. The van der Waals surface area contributed by atoms with Crippen molar-refractivity contribution in [2.45, 2.75) is 51.2 Å². The molecule has 0 spiro atoms. The number of fused-ring (bicyclic) bond motifs is 1. The molecule has 2 aliphatic rings. The number of hydrogen-bond donors (Lipinski definition) is 1. The Morgan fingerprint density at radius 1 is 1.17 bits per heavy atom. The normalized spacial score (nSPS) is 16.7. The van der Waals surface area contributed by atoms with Gasteiger partial charge in [0.05, 0.1) is 16.8 Å². The molecule has 1 aromatic heterocycles. The number of carbonyl (C=O) groups is 1. The molecule has 2 fully saturated rings. The van der Waals surface area contributed by atoms with Gasteiger partial charge in [0.2, 0.25) is 0 Å². The first-order chi connectivity index (χ1) is 17.2. The van der Waals surface area contributed by atoms with Gasteiger partial charge in [-0.3, -0.25) is 5.32 Å². The predicted molar refractivity (Wildman–Crippen MR) is 138 cm³/mol. The molecule has 1 amide bonds. The molecule has 2 aliphatic carbocycles. The zero-order chi connectivity index (χ0) is 25.4. The number of hydrogen-bond acceptors (Lipinski definition) is 6. The number of anilines is 1. The second-order valence-electron chi connectivity index (χ2n) is 9.81. The molecular formula is C27H29N3O5S. The first kappa shape index (κ1) is 24.2. The van der Waals surface area contributed by atoms with E-state index < -0.39 is 21.9 Å². The number of benzene rings is 2. The number of nitrogens with one attached hydrogen (secondary N) is 1. The fourth-order valence-electron chi connectivity index (χ4n) is 4.67. The van der Waals surface area contributed by atoms with Gasteiger partial charge in [-0.2, -0.15) is 5.26 Å². The third-order valence-electron chi connectivity index (χ3n) is 6.95. The second kappa shape index (κ2) is 9.51. The SMILES string of the molecule is CC(OC(=O)Nc1ccc(-c2c(C#N)c3ccc(OCS(C)(=O)=O)cc3n2C2CCC2)cc1)C1CC1. The van der Waals surface area contributed by atoms with Gasteiger partial charge in [-0.25, -0.2) is 13.2 Å². The molecule has 1 N–H and O–H groups in total. The van der Waals surface area contributed by atoms with Crippen molar-refractivity contribution >= 4 is 32.5 Å². The molecule has 36 heavy (non-hydrogen) atoms. The first-order valence-electron chi connectivity index (χ1n) is 12.2. The fourth-order valence-corrected chi connectivity index (χ4v) is 5.02. The van der Waals surface area contributed by atoms with Crippen LogP contribution in [0.3, 0.4) is 0 Å². The Labute approximate surface area is 210 Å². The van der Waals surface area contributed by atoms with Crippen molar-refractivity contribution in [3.05, 3.63) is 48.0 Å². The van der Waals surface area contributed by atoms with Gasteiger partial charge >= 0.3 is 6.09 Å². The molecule has 2 aromatic carbocycles. The minimum atomic E-state index is -3.29. The van der Waals surface area contributed by atoms with Gasteiger partial charge in [0.1, 0.15) is 17.9 Å². The number of sulfone groups is 1. The van der Waals surface area contributed by atoms with Crippen LogP contribution in [0.1, 0.15) is 50.6 Å². The number of ether oxygens (including phenoxy) is 2. The van der Waals surface area contributed by atoms with E-state index in [2.05, 4.69) is 16.0 Å². The van der Waals surface area contributed by atoms with Crippen LogP contribution < -0.4 is 10.1 Å². The Kier molecular flexibility index (Phi) is 6.39. The van der Waals surface area contributed by atoms with Crippen LogP contribution in [0.15, 0.2) is 42.5 Å². The number of nitriles is 1. The van der Waals surface area contributed by atoms with Crippen molar-refractivity contribution < 1.29 is 22.7 Å². The topological polar surface area (TPSA) is 110 Å². The van der Waals surface area contributed by atoms with E-state index in [0.29, 0.717) is 22.9 Å². The molecule has 1 atom stereocenters. The maximum Gasteiger partial charge on any atom is 0.411 e. The van der Waals surface area contributed by atoms with Crippen LogP contribution in [-0.4, -0.2) is 37.4 Å². The largest absolute Gasteiger partial charge is 0.478 e. The molecule has 8 nitrogen and oxygen atoms in total. The number of rotatable bonds is 8. The molecule has 0 aliphatic heterocycles. The summed E-state index contributed by atoms with van der Waals surface area (Å²) in [5, 5.41) is 13.7. The lowest BCUT2D eigenvalue weighted by molar-refractivity contribution is 0.108. The van der Waals surface area contributed by atoms with Crippen LogP contribution in [0, 0.1) is 17.2 Å². The summed E-state index contributed by atoms with van der Waals surface area (Å²) in [5.74, 6) is 0.505. The summed E-state index contributed by atoms with van der Waals surface area (Å²) in [5.41, 5.74) is 3.70. The van der Waals surface area contributed by atoms with E-state index in [1.165, 1.54) is 0 Å². The molecule has 9 heteroatoms. The van der Waals surface area contributed by atoms with Crippen LogP contribution in [0.4, 0.5) is 10.5 Å². The lowest BCUT2D eigenvalue weighted by Crippen LogP contribution is -2.21. The molecule has 1 heterocycles. The summed E-state index contributed by atoms with van der Waals surface area (Å²) in [7, 11) is -3.29. The molecular weight excluding hydrogens is 478 g/mol. The van der Waals surface area contributed by atoms with Crippen LogP contribution in [-0.2, 0) is 14.6 Å². The van der Waals surface area contributed by atoms with Gasteiger partial charge in [0.15, 0.2) is 15.8 Å². The highest BCUT2D eigenvalue weighted by Crippen LogP contribution is 2.43. The Bertz CT molecular complexity index is 1450. The van der Waals surface area contributed by atoms with Crippen LogP contribution in [0.2, 0.25) is 0 Å². The van der Waals surface area contributed by atoms with Crippen molar-refractivity contribution in [1.82, 2.24) is 4.57 Å². The minimum Gasteiger partial charge on any atom is -0.478 e. The van der Waals surface area contributed by atoms with Gasteiger partial charge in [-0.1, -0.05) is 12.1 Å². The molecule has 188 valence electrons.